The van der Waals surface area contributed by atoms with Crippen molar-refractivity contribution in [2.45, 2.75) is 44.3 Å². The number of halogens is 2. The van der Waals surface area contributed by atoms with Crippen LogP contribution in [0.25, 0.3) is 0 Å². The molecule has 3 aromatic carbocycles. The highest BCUT2D eigenvalue weighted by Crippen LogP contribution is 2.35. The maximum absolute atomic E-state index is 14.0. The zero-order chi connectivity index (χ0) is 28.7. The maximum Gasteiger partial charge on any atom is 0.264 e. The molecular formula is C28H31BrClN3O5S. The summed E-state index contributed by atoms with van der Waals surface area (Å²) >= 11 is 9.68. The molecular weight excluding hydrogens is 606 g/mol. The Bertz CT molecular complexity index is 1420. The van der Waals surface area contributed by atoms with Crippen LogP contribution in [0.4, 0.5) is 5.69 Å². The third-order valence-electron chi connectivity index (χ3n) is 5.86. The minimum Gasteiger partial charge on any atom is -0.495 e. The Morgan fingerprint density at radius 2 is 1.69 bits per heavy atom. The monoisotopic (exact) mass is 635 g/mol. The number of hydrogen-bond donors (Lipinski definition) is 1. The van der Waals surface area contributed by atoms with Crippen LogP contribution in [0.15, 0.2) is 82.2 Å². The quantitative estimate of drug-likeness (QED) is 0.310. The molecule has 39 heavy (non-hydrogen) atoms. The molecule has 0 fully saturated rings. The van der Waals surface area contributed by atoms with Crippen LogP contribution in [0, 0.1) is 0 Å². The second-order valence-electron chi connectivity index (χ2n) is 9.13. The van der Waals surface area contributed by atoms with E-state index >= 15 is 0 Å². The average molecular weight is 637 g/mol. The SMILES string of the molecule is COc1ccc(Cl)cc1N(CC(=O)N(Cc1cccc(Br)c1)[C@@H](C)C(=O)NC(C)C)S(=O)(=O)c1ccccc1. The summed E-state index contributed by atoms with van der Waals surface area (Å²) in [5, 5.41) is 3.10. The van der Waals surface area contributed by atoms with Crippen LogP contribution in [-0.2, 0) is 26.2 Å². The van der Waals surface area contributed by atoms with Gasteiger partial charge in [0.1, 0.15) is 18.3 Å². The summed E-state index contributed by atoms with van der Waals surface area (Å²) in [5.41, 5.74) is 0.864. The fraction of sp³-hybridized carbons (Fsp3) is 0.286. The second kappa shape index (κ2) is 13.3. The summed E-state index contributed by atoms with van der Waals surface area (Å²) in [7, 11) is -2.83. The molecule has 0 aliphatic carbocycles. The molecule has 3 rings (SSSR count). The number of methoxy groups -OCH3 is 1. The Kier molecular flexibility index (Phi) is 10.4. The van der Waals surface area contributed by atoms with E-state index in [2.05, 4.69) is 21.2 Å². The highest BCUT2D eigenvalue weighted by Gasteiger charge is 2.34. The summed E-state index contributed by atoms with van der Waals surface area (Å²) in [4.78, 5) is 28.3. The molecule has 0 aliphatic heterocycles. The van der Waals surface area contributed by atoms with Gasteiger partial charge >= 0.3 is 0 Å². The van der Waals surface area contributed by atoms with Gasteiger partial charge < -0.3 is 15.0 Å². The smallest absolute Gasteiger partial charge is 0.264 e. The number of benzene rings is 3. The van der Waals surface area contributed by atoms with Crippen molar-refractivity contribution >= 4 is 55.1 Å². The molecule has 1 N–H and O–H groups in total. The van der Waals surface area contributed by atoms with Crippen LogP contribution < -0.4 is 14.4 Å². The number of hydrogen-bond acceptors (Lipinski definition) is 5. The van der Waals surface area contributed by atoms with Gasteiger partial charge in [0.05, 0.1) is 17.7 Å². The Labute approximate surface area is 243 Å². The van der Waals surface area contributed by atoms with E-state index in [0.717, 1.165) is 14.3 Å². The van der Waals surface area contributed by atoms with Crippen molar-refractivity contribution in [1.29, 1.82) is 0 Å². The third kappa shape index (κ3) is 7.74. The fourth-order valence-corrected chi connectivity index (χ4v) is 5.96. The number of nitrogens with zero attached hydrogens (tertiary/aromatic N) is 2. The molecule has 8 nitrogen and oxygen atoms in total. The zero-order valence-corrected chi connectivity index (χ0v) is 25.3. The van der Waals surface area contributed by atoms with E-state index in [0.29, 0.717) is 0 Å². The maximum atomic E-state index is 14.0. The Morgan fingerprint density at radius 3 is 2.31 bits per heavy atom. The van der Waals surface area contributed by atoms with Gasteiger partial charge in [-0.2, -0.15) is 0 Å². The van der Waals surface area contributed by atoms with Gasteiger partial charge in [-0.05, 0) is 68.8 Å². The lowest BCUT2D eigenvalue weighted by atomic mass is 10.1. The van der Waals surface area contributed by atoms with E-state index in [-0.39, 0.29) is 39.8 Å². The highest BCUT2D eigenvalue weighted by atomic mass is 79.9. The first-order valence-electron chi connectivity index (χ1n) is 12.2. The molecule has 3 aromatic rings. The van der Waals surface area contributed by atoms with Gasteiger partial charge in [-0.3, -0.25) is 13.9 Å². The number of rotatable bonds is 11. The molecule has 0 radical (unpaired) electrons. The molecule has 0 saturated heterocycles. The van der Waals surface area contributed by atoms with Crippen molar-refractivity contribution in [2.75, 3.05) is 18.0 Å². The van der Waals surface area contributed by atoms with E-state index < -0.39 is 28.5 Å². The third-order valence-corrected chi connectivity index (χ3v) is 8.36. The molecule has 11 heteroatoms. The van der Waals surface area contributed by atoms with Crippen molar-refractivity contribution < 1.29 is 22.7 Å². The molecule has 0 unspecified atom stereocenters. The van der Waals surface area contributed by atoms with Gasteiger partial charge in [-0.15, -0.1) is 0 Å². The molecule has 0 bridgehead atoms. The molecule has 0 spiro atoms. The summed E-state index contributed by atoms with van der Waals surface area (Å²) in [6.07, 6.45) is 0. The molecule has 0 heterocycles. The molecule has 208 valence electrons. The summed E-state index contributed by atoms with van der Waals surface area (Å²) in [6.45, 7) is 4.75. The van der Waals surface area contributed by atoms with Crippen molar-refractivity contribution in [1.82, 2.24) is 10.2 Å². The van der Waals surface area contributed by atoms with Gasteiger partial charge in [-0.1, -0.05) is 57.9 Å². The van der Waals surface area contributed by atoms with Crippen molar-refractivity contribution in [2.24, 2.45) is 0 Å². The first-order chi connectivity index (χ1) is 18.4. The minimum atomic E-state index is -4.24. The summed E-state index contributed by atoms with van der Waals surface area (Å²) < 4.78 is 35.0. The zero-order valence-electron chi connectivity index (χ0n) is 22.1. The van der Waals surface area contributed by atoms with Crippen LogP contribution in [0.3, 0.4) is 0 Å². The first kappa shape index (κ1) is 30.5. The number of sulfonamides is 1. The summed E-state index contributed by atoms with van der Waals surface area (Å²) in [5.74, 6) is -0.718. The highest BCUT2D eigenvalue weighted by molar-refractivity contribution is 9.10. The van der Waals surface area contributed by atoms with Crippen LogP contribution in [0.5, 0.6) is 5.75 Å². The van der Waals surface area contributed by atoms with Crippen molar-refractivity contribution in [3.63, 3.8) is 0 Å². The van der Waals surface area contributed by atoms with E-state index in [1.54, 1.807) is 31.2 Å². The Balaban J connectivity index is 2.09. The lowest BCUT2D eigenvalue weighted by Crippen LogP contribution is -2.52. The van der Waals surface area contributed by atoms with Crippen LogP contribution in [0.1, 0.15) is 26.3 Å². The van der Waals surface area contributed by atoms with Gasteiger partial charge in [0.15, 0.2) is 0 Å². The predicted molar refractivity (Wildman–Crippen MR) is 156 cm³/mol. The normalized spacial score (nSPS) is 12.1. The van der Waals surface area contributed by atoms with E-state index in [4.69, 9.17) is 16.3 Å². The minimum absolute atomic E-state index is 0.0102. The van der Waals surface area contributed by atoms with E-state index in [1.807, 2.05) is 38.1 Å². The van der Waals surface area contributed by atoms with E-state index in [1.165, 1.54) is 36.3 Å². The molecule has 2 amide bonds. The Morgan fingerprint density at radius 1 is 1.00 bits per heavy atom. The molecule has 0 aliphatic rings. The molecule has 1 atom stereocenters. The van der Waals surface area contributed by atoms with Crippen LogP contribution >= 0.6 is 27.5 Å². The van der Waals surface area contributed by atoms with Gasteiger partial charge in [0.25, 0.3) is 10.0 Å². The van der Waals surface area contributed by atoms with Gasteiger partial charge in [0.2, 0.25) is 11.8 Å². The number of anilines is 1. The lowest BCUT2D eigenvalue weighted by molar-refractivity contribution is -0.139. The van der Waals surface area contributed by atoms with Gasteiger partial charge in [0, 0.05) is 22.1 Å². The molecule has 0 aromatic heterocycles. The van der Waals surface area contributed by atoms with Gasteiger partial charge in [-0.25, -0.2) is 8.42 Å². The standard InChI is InChI=1S/C28H31BrClN3O5S/c1-19(2)31-28(35)20(3)32(17-21-9-8-10-22(29)15-21)27(34)18-33(25-16-23(30)13-14-26(25)38-4)39(36,37)24-11-6-5-7-12-24/h5-16,19-20H,17-18H2,1-4H3,(H,31,35)/t20-/m0/s1. The van der Waals surface area contributed by atoms with Crippen LogP contribution in [-0.4, -0.2) is 50.9 Å². The topological polar surface area (TPSA) is 96.0 Å². The number of amides is 2. The van der Waals surface area contributed by atoms with Crippen molar-refractivity contribution in [3.05, 3.63) is 87.9 Å². The van der Waals surface area contributed by atoms with Crippen molar-refractivity contribution in [3.8, 4) is 5.75 Å². The molecule has 0 saturated carbocycles. The Hall–Kier alpha value is -3.08. The van der Waals surface area contributed by atoms with Crippen LogP contribution in [0.2, 0.25) is 5.02 Å². The average Bonchev–Trinajstić information content (AvgIpc) is 2.90. The number of nitrogens with one attached hydrogen (secondary N) is 1. The van der Waals surface area contributed by atoms with E-state index in [9.17, 15) is 18.0 Å². The number of carbonyl (C=O) groups excluding carboxylic acids is 2. The number of ether oxygens (including phenoxy) is 1. The summed E-state index contributed by atoms with van der Waals surface area (Å²) in [6, 6.07) is 18.6. The largest absolute Gasteiger partial charge is 0.495 e. The fourth-order valence-electron chi connectivity index (χ4n) is 3.91. The second-order valence-corrected chi connectivity index (χ2v) is 12.3. The number of carbonyl (C=O) groups is 2. The predicted octanol–water partition coefficient (Wildman–Crippen LogP) is 5.25. The lowest BCUT2D eigenvalue weighted by Gasteiger charge is -2.32. The first-order valence-corrected chi connectivity index (χ1v) is 14.8.